The second-order valence-corrected chi connectivity index (χ2v) is 6.64. The molecule has 0 fully saturated rings. The largest absolute Gasteiger partial charge is 0.504 e. The molecule has 0 aliphatic heterocycles. The molecule has 1 N–H and O–H groups in total. The lowest BCUT2D eigenvalue weighted by Gasteiger charge is -2.07. The van der Waals surface area contributed by atoms with Crippen molar-refractivity contribution in [2.75, 3.05) is 0 Å². The summed E-state index contributed by atoms with van der Waals surface area (Å²) >= 11 is 0. The lowest BCUT2D eigenvalue weighted by Crippen LogP contribution is -2.02. The maximum absolute atomic E-state index is 13.7. The van der Waals surface area contributed by atoms with E-state index < -0.39 is 11.6 Å². The number of phenolic OH excluding ortho intramolecular Hbond substituents is 1. The molecule has 2 aromatic rings. The second kappa shape index (κ2) is 9.36. The highest BCUT2D eigenvalue weighted by Gasteiger charge is 2.15. The van der Waals surface area contributed by atoms with Crippen LogP contribution in [0.1, 0.15) is 66.1 Å². The summed E-state index contributed by atoms with van der Waals surface area (Å²) in [5.74, 6) is -1.45. The Morgan fingerprint density at radius 1 is 0.960 bits per heavy atom. The predicted octanol–water partition coefficient (Wildman–Crippen LogP) is 5.78. The number of aryl methyl sites for hydroxylation is 3. The smallest absolute Gasteiger partial charge is 0.168 e. The molecular formula is C22H27FO2. The van der Waals surface area contributed by atoms with Crippen LogP contribution in [0.15, 0.2) is 36.4 Å². The van der Waals surface area contributed by atoms with Gasteiger partial charge in [0.2, 0.25) is 0 Å². The number of hydrogen-bond donors (Lipinski definition) is 1. The van der Waals surface area contributed by atoms with Gasteiger partial charge in [0.05, 0.1) is 5.56 Å². The van der Waals surface area contributed by atoms with Crippen LogP contribution in [-0.4, -0.2) is 10.9 Å². The minimum atomic E-state index is -0.704. The third-order valence-corrected chi connectivity index (χ3v) is 4.57. The van der Waals surface area contributed by atoms with E-state index in [-0.39, 0.29) is 11.3 Å². The summed E-state index contributed by atoms with van der Waals surface area (Å²) in [4.78, 5) is 12.2. The van der Waals surface area contributed by atoms with Crippen LogP contribution in [-0.2, 0) is 12.8 Å². The van der Waals surface area contributed by atoms with Crippen molar-refractivity contribution in [1.29, 1.82) is 0 Å². The van der Waals surface area contributed by atoms with E-state index in [0.29, 0.717) is 18.4 Å². The lowest BCUT2D eigenvalue weighted by atomic mass is 9.99. The Hall–Kier alpha value is -2.16. The van der Waals surface area contributed by atoms with Crippen molar-refractivity contribution in [3.63, 3.8) is 0 Å². The Morgan fingerprint density at radius 2 is 1.56 bits per heavy atom. The van der Waals surface area contributed by atoms with Crippen LogP contribution in [0.2, 0.25) is 0 Å². The van der Waals surface area contributed by atoms with Crippen molar-refractivity contribution < 1.29 is 14.3 Å². The average Bonchev–Trinajstić information content (AvgIpc) is 2.61. The fourth-order valence-corrected chi connectivity index (χ4v) is 2.93. The number of halogens is 1. The molecule has 0 spiro atoms. The Balaban J connectivity index is 1.84. The van der Waals surface area contributed by atoms with Gasteiger partial charge in [0.1, 0.15) is 0 Å². The molecule has 0 atom stereocenters. The third kappa shape index (κ3) is 5.42. The minimum Gasteiger partial charge on any atom is -0.504 e. The first-order valence-corrected chi connectivity index (χ1v) is 9.12. The van der Waals surface area contributed by atoms with Gasteiger partial charge in [-0.1, -0.05) is 50.1 Å². The van der Waals surface area contributed by atoms with Crippen molar-refractivity contribution >= 4 is 5.78 Å². The molecule has 0 saturated carbocycles. The number of rotatable bonds is 9. The summed E-state index contributed by atoms with van der Waals surface area (Å²) in [6.45, 7) is 3.77. The van der Waals surface area contributed by atoms with Gasteiger partial charge in [-0.25, -0.2) is 4.39 Å². The standard InChI is InChI=1S/C22H27FO2/c1-3-4-5-7-17-11-13-18(14-12-17)8-6-9-20(24)19-15-10-16(2)21(23)22(19)25/h10-15,25H,3-9H2,1-2H3. The zero-order valence-electron chi connectivity index (χ0n) is 15.1. The van der Waals surface area contributed by atoms with E-state index >= 15 is 0 Å². The van der Waals surface area contributed by atoms with Crippen LogP contribution in [0, 0.1) is 12.7 Å². The van der Waals surface area contributed by atoms with E-state index in [2.05, 4.69) is 31.2 Å². The molecule has 2 rings (SSSR count). The number of aromatic hydroxyl groups is 1. The van der Waals surface area contributed by atoms with Gasteiger partial charge in [-0.15, -0.1) is 0 Å². The van der Waals surface area contributed by atoms with Crippen LogP contribution >= 0.6 is 0 Å². The number of carbonyl (C=O) groups excluding carboxylic acids is 1. The van der Waals surface area contributed by atoms with Gasteiger partial charge < -0.3 is 5.11 Å². The van der Waals surface area contributed by atoms with Crippen LogP contribution in [0.5, 0.6) is 5.75 Å². The van der Waals surface area contributed by atoms with Crippen molar-refractivity contribution in [2.24, 2.45) is 0 Å². The highest BCUT2D eigenvalue weighted by atomic mass is 19.1. The molecule has 0 amide bonds. The first kappa shape index (κ1) is 19.2. The summed E-state index contributed by atoms with van der Waals surface area (Å²) in [5.41, 5.74) is 2.97. The van der Waals surface area contributed by atoms with Crippen LogP contribution in [0.25, 0.3) is 0 Å². The number of ketones is 1. The normalized spacial score (nSPS) is 10.8. The zero-order valence-corrected chi connectivity index (χ0v) is 15.1. The molecule has 134 valence electrons. The molecule has 2 aromatic carbocycles. The molecule has 3 heteroatoms. The summed E-state index contributed by atoms with van der Waals surface area (Å²) in [7, 11) is 0. The van der Waals surface area contributed by atoms with Gasteiger partial charge in [0.25, 0.3) is 0 Å². The maximum atomic E-state index is 13.7. The molecule has 0 heterocycles. The summed E-state index contributed by atoms with van der Waals surface area (Å²) in [5, 5.41) is 9.79. The maximum Gasteiger partial charge on any atom is 0.168 e. The van der Waals surface area contributed by atoms with Gasteiger partial charge in [0.15, 0.2) is 17.3 Å². The third-order valence-electron chi connectivity index (χ3n) is 4.57. The monoisotopic (exact) mass is 342 g/mol. The van der Waals surface area contributed by atoms with Crippen molar-refractivity contribution in [1.82, 2.24) is 0 Å². The first-order valence-electron chi connectivity index (χ1n) is 9.12. The highest BCUT2D eigenvalue weighted by Crippen LogP contribution is 2.25. The van der Waals surface area contributed by atoms with E-state index in [1.54, 1.807) is 6.92 Å². The van der Waals surface area contributed by atoms with Gasteiger partial charge in [-0.2, -0.15) is 0 Å². The Morgan fingerprint density at radius 3 is 2.16 bits per heavy atom. The van der Waals surface area contributed by atoms with Gasteiger partial charge in [-0.05, 0) is 55.4 Å². The topological polar surface area (TPSA) is 37.3 Å². The predicted molar refractivity (Wildman–Crippen MR) is 99.7 cm³/mol. The van der Waals surface area contributed by atoms with E-state index in [1.807, 2.05) is 0 Å². The Labute approximate surface area is 149 Å². The summed E-state index contributed by atoms with van der Waals surface area (Å²) in [6.07, 6.45) is 6.61. The summed E-state index contributed by atoms with van der Waals surface area (Å²) < 4.78 is 13.7. The number of unbranched alkanes of at least 4 members (excludes halogenated alkanes) is 2. The fourth-order valence-electron chi connectivity index (χ4n) is 2.93. The van der Waals surface area contributed by atoms with Gasteiger partial charge in [0, 0.05) is 6.42 Å². The second-order valence-electron chi connectivity index (χ2n) is 6.64. The number of carbonyl (C=O) groups is 1. The van der Waals surface area contributed by atoms with Crippen LogP contribution < -0.4 is 0 Å². The van der Waals surface area contributed by atoms with Crippen molar-refractivity contribution in [3.8, 4) is 5.75 Å². The number of phenols is 1. The van der Waals surface area contributed by atoms with Crippen molar-refractivity contribution in [3.05, 3.63) is 64.5 Å². The molecule has 25 heavy (non-hydrogen) atoms. The summed E-state index contributed by atoms with van der Waals surface area (Å²) in [6, 6.07) is 11.6. The molecular weight excluding hydrogens is 315 g/mol. The quantitative estimate of drug-likeness (QED) is 0.463. The SMILES string of the molecule is CCCCCc1ccc(CCCC(=O)c2ccc(C)c(F)c2O)cc1. The number of Topliss-reactive ketones (excluding diaryl/α,β-unsaturated/α-hetero) is 1. The van der Waals surface area contributed by atoms with E-state index in [4.69, 9.17) is 0 Å². The molecule has 0 aliphatic rings. The Bertz CT molecular complexity index is 705. The first-order chi connectivity index (χ1) is 12.0. The van der Waals surface area contributed by atoms with E-state index in [9.17, 15) is 14.3 Å². The average molecular weight is 342 g/mol. The lowest BCUT2D eigenvalue weighted by molar-refractivity contribution is 0.0977. The zero-order chi connectivity index (χ0) is 18.2. The van der Waals surface area contributed by atoms with Gasteiger partial charge in [-0.3, -0.25) is 4.79 Å². The van der Waals surface area contributed by atoms with Gasteiger partial charge >= 0.3 is 0 Å². The molecule has 0 saturated heterocycles. The minimum absolute atomic E-state index is 0.0781. The number of hydrogen-bond acceptors (Lipinski definition) is 2. The molecule has 0 aromatic heterocycles. The highest BCUT2D eigenvalue weighted by molar-refractivity contribution is 5.98. The van der Waals surface area contributed by atoms with E-state index in [0.717, 1.165) is 12.8 Å². The molecule has 0 unspecified atom stereocenters. The molecule has 0 aliphatic carbocycles. The fraction of sp³-hybridized carbons (Fsp3) is 0.409. The number of benzene rings is 2. The van der Waals surface area contributed by atoms with Crippen molar-refractivity contribution in [2.45, 2.75) is 58.8 Å². The molecule has 0 bridgehead atoms. The van der Waals surface area contributed by atoms with Crippen LogP contribution in [0.3, 0.4) is 0 Å². The molecule has 2 nitrogen and oxygen atoms in total. The Kier molecular flexibility index (Phi) is 7.17. The van der Waals surface area contributed by atoms with E-state index in [1.165, 1.54) is 42.5 Å². The van der Waals surface area contributed by atoms with Crippen LogP contribution in [0.4, 0.5) is 4.39 Å². The molecule has 0 radical (unpaired) electrons.